The normalized spacial score (nSPS) is 11.8. The van der Waals surface area contributed by atoms with E-state index in [1.54, 1.807) is 0 Å². The van der Waals surface area contributed by atoms with E-state index in [0.29, 0.717) is 0 Å². The van der Waals surface area contributed by atoms with Crippen LogP contribution in [0.1, 0.15) is 0 Å². The summed E-state index contributed by atoms with van der Waals surface area (Å²) in [5.41, 5.74) is 15.5. The minimum Gasteiger partial charge on any atom is -0.455 e. The molecule has 0 aliphatic rings. The molecule has 0 saturated heterocycles. The number of rotatable bonds is 7. The van der Waals surface area contributed by atoms with Gasteiger partial charge in [0.15, 0.2) is 0 Å². The number of anilines is 3. The van der Waals surface area contributed by atoms with E-state index in [4.69, 9.17) is 4.42 Å². The van der Waals surface area contributed by atoms with Gasteiger partial charge in [-0.2, -0.15) is 0 Å². The van der Waals surface area contributed by atoms with Crippen molar-refractivity contribution in [1.29, 1.82) is 0 Å². The Balaban J connectivity index is 0.885. The van der Waals surface area contributed by atoms with Crippen LogP contribution in [0, 0.1) is 0 Å². The minimum atomic E-state index is 0.858. The highest BCUT2D eigenvalue weighted by molar-refractivity contribution is 6.16. The zero-order valence-electron chi connectivity index (χ0n) is 37.6. The first-order valence-electron chi connectivity index (χ1n) is 23.6. The number of hydrogen-bond acceptors (Lipinski definition) is 2. The van der Waals surface area contributed by atoms with Gasteiger partial charge in [-0.15, -0.1) is 0 Å². The van der Waals surface area contributed by atoms with Crippen molar-refractivity contribution < 1.29 is 4.42 Å². The van der Waals surface area contributed by atoms with E-state index in [1.165, 1.54) is 65.4 Å². The van der Waals surface area contributed by atoms with Gasteiger partial charge in [-0.3, -0.25) is 0 Å². The van der Waals surface area contributed by atoms with Gasteiger partial charge in [0.2, 0.25) is 0 Å². The largest absolute Gasteiger partial charge is 0.455 e. The Kier molecular flexibility index (Phi) is 8.90. The fourth-order valence-corrected chi connectivity index (χ4v) is 10.8. The molecule has 3 nitrogen and oxygen atoms in total. The Bertz CT molecular complexity index is 4290. The van der Waals surface area contributed by atoms with Crippen molar-refractivity contribution in [3.63, 3.8) is 0 Å². The number of nitrogens with zero attached hydrogens (tertiary/aromatic N) is 2. The van der Waals surface area contributed by atoms with Gasteiger partial charge < -0.3 is 13.9 Å². The fourth-order valence-electron chi connectivity index (χ4n) is 10.8. The molecule has 322 valence electrons. The second-order valence-electron chi connectivity index (χ2n) is 18.1. The van der Waals surface area contributed by atoms with Crippen LogP contribution in [0.3, 0.4) is 0 Å². The van der Waals surface area contributed by atoms with Crippen LogP contribution in [0.25, 0.3) is 115 Å². The fraction of sp³-hybridized carbons (Fsp3) is 0. The quantitative estimate of drug-likeness (QED) is 0.149. The van der Waals surface area contributed by atoms with Gasteiger partial charge in [-0.1, -0.05) is 176 Å². The molecular formula is C66H42N2O. The molecular weight excluding hydrogens is 837 g/mol. The molecule has 14 aromatic rings. The molecule has 0 bridgehead atoms. The Labute approximate surface area is 399 Å². The molecule has 0 spiro atoms. The number of para-hydroxylation sites is 1. The molecule has 0 aliphatic carbocycles. The second-order valence-corrected chi connectivity index (χ2v) is 18.1. The number of furan rings is 1. The van der Waals surface area contributed by atoms with Crippen molar-refractivity contribution in [3.8, 4) is 39.1 Å². The van der Waals surface area contributed by atoms with Gasteiger partial charge in [0, 0.05) is 55.7 Å². The van der Waals surface area contributed by atoms with E-state index in [0.717, 1.165) is 66.8 Å². The number of hydrogen-bond donors (Lipinski definition) is 0. The summed E-state index contributed by atoms with van der Waals surface area (Å²) in [5.74, 6) is 0. The molecule has 14 rings (SSSR count). The van der Waals surface area contributed by atoms with Crippen molar-refractivity contribution in [2.24, 2.45) is 0 Å². The summed E-state index contributed by atoms with van der Waals surface area (Å²) in [7, 11) is 0. The van der Waals surface area contributed by atoms with Crippen LogP contribution in [0.15, 0.2) is 259 Å². The standard InChI is InChI=1S/C66H42N2O/c1-2-11-43(12-3-1)44-21-23-45(24-22-44)46-27-32-52(33-28-46)67(55-35-37-59-60-36-30-48-14-5-7-18-57(48)66(60)69-65(59)42-55)53-16-10-15-50(39-53)51-31-38-64-62(40-51)58-19-8-9-20-63(58)68(64)54-34-29-49-26-25-47-13-4-6-17-56(47)61(49)41-54/h1-42H. The third kappa shape index (κ3) is 6.51. The van der Waals surface area contributed by atoms with Crippen molar-refractivity contribution in [2.45, 2.75) is 0 Å². The summed E-state index contributed by atoms with van der Waals surface area (Å²) in [6, 6.07) is 92.5. The van der Waals surface area contributed by atoms with Crippen LogP contribution in [-0.4, -0.2) is 4.57 Å². The lowest BCUT2D eigenvalue weighted by atomic mass is 9.99. The Hall–Kier alpha value is -9.18. The first-order chi connectivity index (χ1) is 34.2. The highest BCUT2D eigenvalue weighted by Crippen LogP contribution is 2.43. The first-order valence-corrected chi connectivity index (χ1v) is 23.6. The smallest absolute Gasteiger partial charge is 0.143 e. The molecule has 0 atom stereocenters. The lowest BCUT2D eigenvalue weighted by Crippen LogP contribution is -2.10. The number of aromatic nitrogens is 1. The lowest BCUT2D eigenvalue weighted by Gasteiger charge is -2.26. The van der Waals surface area contributed by atoms with Crippen molar-refractivity contribution in [3.05, 3.63) is 255 Å². The highest BCUT2D eigenvalue weighted by Gasteiger charge is 2.19. The average molecular weight is 879 g/mol. The third-order valence-electron chi connectivity index (χ3n) is 14.2. The molecule has 0 fully saturated rings. The molecule has 12 aromatic carbocycles. The van der Waals surface area contributed by atoms with Gasteiger partial charge >= 0.3 is 0 Å². The summed E-state index contributed by atoms with van der Waals surface area (Å²) in [6.07, 6.45) is 0. The van der Waals surface area contributed by atoms with Crippen molar-refractivity contribution in [1.82, 2.24) is 4.57 Å². The average Bonchev–Trinajstić information content (AvgIpc) is 3.97. The first kappa shape index (κ1) is 39.0. The summed E-state index contributed by atoms with van der Waals surface area (Å²) in [6.45, 7) is 0. The predicted molar refractivity (Wildman–Crippen MR) is 292 cm³/mol. The molecule has 2 aromatic heterocycles. The van der Waals surface area contributed by atoms with Crippen LogP contribution in [0.2, 0.25) is 0 Å². The Morgan fingerprint density at radius 1 is 0.275 bits per heavy atom. The predicted octanol–water partition coefficient (Wildman–Crippen LogP) is 18.6. The molecule has 0 aliphatic heterocycles. The number of fused-ring (bicyclic) bond motifs is 11. The van der Waals surface area contributed by atoms with Crippen molar-refractivity contribution >= 4 is 93.1 Å². The summed E-state index contributed by atoms with van der Waals surface area (Å²) >= 11 is 0. The van der Waals surface area contributed by atoms with E-state index >= 15 is 0 Å². The maximum atomic E-state index is 6.76. The van der Waals surface area contributed by atoms with Gasteiger partial charge in [-0.05, 0) is 133 Å². The maximum absolute atomic E-state index is 6.76. The van der Waals surface area contributed by atoms with Crippen LogP contribution >= 0.6 is 0 Å². The molecule has 0 N–H and O–H groups in total. The summed E-state index contributed by atoms with van der Waals surface area (Å²) in [4.78, 5) is 2.35. The summed E-state index contributed by atoms with van der Waals surface area (Å²) in [5, 5.41) is 12.0. The highest BCUT2D eigenvalue weighted by atomic mass is 16.3. The van der Waals surface area contributed by atoms with Crippen LogP contribution in [-0.2, 0) is 0 Å². The Morgan fingerprint density at radius 3 is 1.61 bits per heavy atom. The van der Waals surface area contributed by atoms with Crippen molar-refractivity contribution in [2.75, 3.05) is 4.90 Å². The van der Waals surface area contributed by atoms with Gasteiger partial charge in [-0.25, -0.2) is 0 Å². The SMILES string of the molecule is c1ccc(-c2ccc(-c3ccc(N(c4cccc(-c5ccc6c(c5)c5ccccc5n6-c5ccc6ccc7ccccc7c6c5)c4)c4ccc5c(c4)oc4c6ccccc6ccc54)cc3)cc2)cc1. The third-order valence-corrected chi connectivity index (χ3v) is 14.2. The molecule has 0 amide bonds. The summed E-state index contributed by atoms with van der Waals surface area (Å²) < 4.78 is 9.18. The topological polar surface area (TPSA) is 21.3 Å². The van der Waals surface area contributed by atoms with Gasteiger partial charge in [0.05, 0.1) is 11.0 Å². The van der Waals surface area contributed by atoms with E-state index in [1.807, 2.05) is 0 Å². The molecule has 0 saturated carbocycles. The van der Waals surface area contributed by atoms with Crippen LogP contribution in [0.5, 0.6) is 0 Å². The monoisotopic (exact) mass is 878 g/mol. The zero-order valence-corrected chi connectivity index (χ0v) is 37.6. The van der Waals surface area contributed by atoms with E-state index in [-0.39, 0.29) is 0 Å². The minimum absolute atomic E-state index is 0.858. The van der Waals surface area contributed by atoms with Gasteiger partial charge in [0.25, 0.3) is 0 Å². The molecule has 2 heterocycles. The molecule has 0 radical (unpaired) electrons. The van der Waals surface area contributed by atoms with E-state index in [9.17, 15) is 0 Å². The van der Waals surface area contributed by atoms with E-state index < -0.39 is 0 Å². The number of benzene rings is 12. The molecule has 69 heavy (non-hydrogen) atoms. The van der Waals surface area contributed by atoms with E-state index in [2.05, 4.69) is 264 Å². The zero-order chi connectivity index (χ0) is 45.4. The molecule has 3 heteroatoms. The maximum Gasteiger partial charge on any atom is 0.143 e. The van der Waals surface area contributed by atoms with Crippen LogP contribution in [0.4, 0.5) is 17.1 Å². The lowest BCUT2D eigenvalue weighted by molar-refractivity contribution is 0.672. The second kappa shape index (κ2) is 15.7. The van der Waals surface area contributed by atoms with Crippen LogP contribution < -0.4 is 4.90 Å². The Morgan fingerprint density at radius 2 is 0.812 bits per heavy atom. The van der Waals surface area contributed by atoms with Gasteiger partial charge in [0.1, 0.15) is 11.2 Å². The molecule has 0 unspecified atom stereocenters.